The maximum Gasteiger partial charge on any atom is 0.331 e. The number of aliphatic hydroxyl groups is 1. The summed E-state index contributed by atoms with van der Waals surface area (Å²) in [6.45, 7) is 5.37. The lowest BCUT2D eigenvalue weighted by atomic mass is 9.52. The van der Waals surface area contributed by atoms with Crippen LogP contribution in [0.3, 0.4) is 0 Å². The number of carboxylic acid groups (broad SMARTS) is 1. The second-order valence-electron chi connectivity index (χ2n) is 6.60. The van der Waals surface area contributed by atoms with Gasteiger partial charge in [-0.25, -0.2) is 4.79 Å². The third kappa shape index (κ3) is 1.40. The van der Waals surface area contributed by atoms with E-state index in [4.69, 9.17) is 9.84 Å². The van der Waals surface area contributed by atoms with Crippen molar-refractivity contribution in [1.29, 1.82) is 0 Å². The van der Waals surface area contributed by atoms with Gasteiger partial charge in [-0.1, -0.05) is 13.8 Å². The summed E-state index contributed by atoms with van der Waals surface area (Å²) in [6.07, 6.45) is 0.991. The van der Waals surface area contributed by atoms with Gasteiger partial charge < -0.3 is 14.9 Å². The Bertz CT molecular complexity index is 536. The zero-order valence-corrected chi connectivity index (χ0v) is 12.0. The van der Waals surface area contributed by atoms with Crippen molar-refractivity contribution in [2.45, 2.75) is 57.8 Å². The van der Waals surface area contributed by atoms with Gasteiger partial charge in [0.05, 0.1) is 12.2 Å². The van der Waals surface area contributed by atoms with Crippen LogP contribution in [0.15, 0.2) is 11.1 Å². The summed E-state index contributed by atoms with van der Waals surface area (Å²) in [5.74, 6) is -1.25. The molecule has 0 aromatic rings. The zero-order chi connectivity index (χ0) is 14.9. The topological polar surface area (TPSA) is 87.1 Å². The first-order chi connectivity index (χ1) is 9.25. The zero-order valence-electron chi connectivity index (χ0n) is 12.0. The number of carboxylic acids is 1. The number of hydrogen-bond acceptors (Lipinski definition) is 4. The van der Waals surface area contributed by atoms with Crippen molar-refractivity contribution in [3.8, 4) is 0 Å². The quantitative estimate of drug-likeness (QED) is 0.558. The molecule has 2 aliphatic carbocycles. The molecule has 2 N–H and O–H groups in total. The van der Waals surface area contributed by atoms with Gasteiger partial charge >= 0.3 is 5.97 Å². The summed E-state index contributed by atoms with van der Waals surface area (Å²) < 4.78 is 5.82. The van der Waals surface area contributed by atoms with Gasteiger partial charge in [0, 0.05) is 23.0 Å². The molecule has 0 bridgehead atoms. The Balaban J connectivity index is 2.12. The van der Waals surface area contributed by atoms with Crippen molar-refractivity contribution in [3.05, 3.63) is 11.1 Å². The molecular formula is C15H20O5. The minimum atomic E-state index is -1.15. The van der Waals surface area contributed by atoms with Crippen molar-refractivity contribution >= 4 is 11.8 Å². The summed E-state index contributed by atoms with van der Waals surface area (Å²) in [5.41, 5.74) is -1.15. The third-order valence-electron chi connectivity index (χ3n) is 5.90. The number of carbonyl (C=O) groups is 2. The first kappa shape index (κ1) is 13.8. The molecule has 110 valence electrons. The second kappa shape index (κ2) is 3.92. The van der Waals surface area contributed by atoms with Crippen LogP contribution in [-0.2, 0) is 14.3 Å². The van der Waals surface area contributed by atoms with Gasteiger partial charge in [-0.3, -0.25) is 4.79 Å². The van der Waals surface area contributed by atoms with E-state index in [1.807, 2.05) is 13.8 Å². The number of epoxide rings is 1. The Morgan fingerprint density at radius 3 is 2.65 bits per heavy atom. The number of Topliss-reactive ketones (excluding diaryl/α,β-unsaturated/α-hetero) is 1. The lowest BCUT2D eigenvalue weighted by Crippen LogP contribution is -2.59. The molecule has 0 aromatic heterocycles. The summed E-state index contributed by atoms with van der Waals surface area (Å²) in [6, 6.07) is 0. The molecule has 1 aliphatic heterocycles. The minimum absolute atomic E-state index is 0.0361. The summed E-state index contributed by atoms with van der Waals surface area (Å²) in [4.78, 5) is 23.5. The fourth-order valence-corrected chi connectivity index (χ4v) is 4.27. The van der Waals surface area contributed by atoms with Crippen LogP contribution in [0.1, 0.15) is 40.0 Å². The molecule has 20 heavy (non-hydrogen) atoms. The number of aliphatic carboxylic acids is 1. The van der Waals surface area contributed by atoms with Gasteiger partial charge in [0.1, 0.15) is 5.60 Å². The van der Waals surface area contributed by atoms with Gasteiger partial charge in [-0.2, -0.15) is 0 Å². The van der Waals surface area contributed by atoms with Crippen molar-refractivity contribution in [3.63, 3.8) is 0 Å². The van der Waals surface area contributed by atoms with E-state index in [0.29, 0.717) is 0 Å². The smallest absolute Gasteiger partial charge is 0.331 e. The van der Waals surface area contributed by atoms with E-state index >= 15 is 0 Å². The number of ether oxygens (including phenoxy) is 1. The molecule has 3 rings (SSSR count). The lowest BCUT2D eigenvalue weighted by Gasteiger charge is -2.50. The van der Waals surface area contributed by atoms with Gasteiger partial charge in [0.15, 0.2) is 5.78 Å². The fourth-order valence-electron chi connectivity index (χ4n) is 4.27. The van der Waals surface area contributed by atoms with Crippen LogP contribution >= 0.6 is 0 Å². The van der Waals surface area contributed by atoms with E-state index in [-0.39, 0.29) is 35.4 Å². The number of carbonyl (C=O) groups excluding carboxylic acids is 1. The Kier molecular flexibility index (Phi) is 2.70. The predicted octanol–water partition coefficient (Wildman–Crippen LogP) is 1.29. The van der Waals surface area contributed by atoms with E-state index in [2.05, 4.69) is 0 Å². The maximum atomic E-state index is 12.3. The summed E-state index contributed by atoms with van der Waals surface area (Å²) >= 11 is 0. The molecule has 1 saturated heterocycles. The van der Waals surface area contributed by atoms with Crippen LogP contribution in [0.5, 0.6) is 0 Å². The van der Waals surface area contributed by atoms with Crippen LogP contribution in [0, 0.1) is 11.3 Å². The molecule has 2 saturated carbocycles. The predicted molar refractivity (Wildman–Crippen MR) is 70.1 cm³/mol. The lowest BCUT2D eigenvalue weighted by molar-refractivity contribution is -0.136. The number of ketones is 1. The highest BCUT2D eigenvalue weighted by atomic mass is 16.6. The fraction of sp³-hybridized carbons (Fsp3) is 0.733. The van der Waals surface area contributed by atoms with Crippen LogP contribution in [0.25, 0.3) is 0 Å². The highest BCUT2D eigenvalue weighted by Crippen LogP contribution is 2.66. The van der Waals surface area contributed by atoms with E-state index in [0.717, 1.165) is 12.8 Å². The van der Waals surface area contributed by atoms with Crippen LogP contribution in [0.2, 0.25) is 0 Å². The molecule has 5 atom stereocenters. The van der Waals surface area contributed by atoms with Crippen molar-refractivity contribution < 1.29 is 24.5 Å². The molecule has 3 aliphatic rings. The Labute approximate surface area is 117 Å². The first-order valence-corrected chi connectivity index (χ1v) is 7.09. The second-order valence-corrected chi connectivity index (χ2v) is 6.60. The standard InChI is InChI=1S/C15H20O5/c1-7-4-5-10-15(20-10)6-9(16)11(8(2)13(18)19)12(17)14(7,15)3/h7,10,12,17H,4-6H2,1-3H3,(H,18,19)/b11-8+/t7-,10+,12-,14-,15+/m0/s1. The van der Waals surface area contributed by atoms with Gasteiger partial charge in [0.2, 0.25) is 0 Å². The summed E-state index contributed by atoms with van der Waals surface area (Å²) in [5, 5.41) is 19.9. The molecule has 5 nitrogen and oxygen atoms in total. The largest absolute Gasteiger partial charge is 0.478 e. The average Bonchev–Trinajstić information content (AvgIpc) is 3.07. The Hall–Kier alpha value is -1.20. The Morgan fingerprint density at radius 1 is 1.40 bits per heavy atom. The van der Waals surface area contributed by atoms with Crippen molar-refractivity contribution in [2.24, 2.45) is 11.3 Å². The van der Waals surface area contributed by atoms with E-state index < -0.39 is 23.1 Å². The van der Waals surface area contributed by atoms with Crippen LogP contribution in [-0.4, -0.2) is 39.8 Å². The normalized spacial score (nSPS) is 49.2. The first-order valence-electron chi connectivity index (χ1n) is 7.09. The van der Waals surface area contributed by atoms with Crippen LogP contribution in [0.4, 0.5) is 0 Å². The van der Waals surface area contributed by atoms with Gasteiger partial charge in [-0.15, -0.1) is 0 Å². The SMILES string of the molecule is C/C(C(=O)O)=C1/C(=O)C[C@@]23O[C@@H]2CC[C@H](C)[C@@]3(C)[C@H]1O. The van der Waals surface area contributed by atoms with E-state index in [9.17, 15) is 14.7 Å². The highest BCUT2D eigenvalue weighted by molar-refractivity contribution is 6.05. The molecule has 0 aromatic carbocycles. The Morgan fingerprint density at radius 2 is 2.05 bits per heavy atom. The highest BCUT2D eigenvalue weighted by Gasteiger charge is 2.75. The molecule has 1 heterocycles. The molecule has 0 amide bonds. The monoisotopic (exact) mass is 280 g/mol. The van der Waals surface area contributed by atoms with Crippen molar-refractivity contribution in [1.82, 2.24) is 0 Å². The number of hydrogen-bond donors (Lipinski definition) is 2. The van der Waals surface area contributed by atoms with Crippen LogP contribution < -0.4 is 0 Å². The molecule has 0 radical (unpaired) electrons. The molecule has 3 fully saturated rings. The molecule has 5 heteroatoms. The number of rotatable bonds is 1. The van der Waals surface area contributed by atoms with E-state index in [1.54, 1.807) is 0 Å². The third-order valence-corrected chi connectivity index (χ3v) is 5.90. The maximum absolute atomic E-state index is 12.3. The minimum Gasteiger partial charge on any atom is -0.478 e. The van der Waals surface area contributed by atoms with E-state index in [1.165, 1.54) is 6.92 Å². The number of aliphatic hydroxyl groups excluding tert-OH is 1. The van der Waals surface area contributed by atoms with Gasteiger partial charge in [-0.05, 0) is 25.7 Å². The molecule has 1 spiro atoms. The van der Waals surface area contributed by atoms with Gasteiger partial charge in [0.25, 0.3) is 0 Å². The average molecular weight is 280 g/mol. The molecular weight excluding hydrogens is 260 g/mol. The van der Waals surface area contributed by atoms with Crippen molar-refractivity contribution in [2.75, 3.05) is 0 Å². The summed E-state index contributed by atoms with van der Waals surface area (Å²) in [7, 11) is 0. The molecule has 0 unspecified atom stereocenters.